The van der Waals surface area contributed by atoms with E-state index in [2.05, 4.69) is 10.1 Å². The van der Waals surface area contributed by atoms with Crippen molar-refractivity contribution in [2.75, 3.05) is 13.6 Å². The van der Waals surface area contributed by atoms with Gasteiger partial charge >= 0.3 is 5.97 Å². The van der Waals surface area contributed by atoms with Crippen LogP contribution in [-0.4, -0.2) is 45.6 Å². The Balaban J connectivity index is 1.76. The lowest BCUT2D eigenvalue weighted by Crippen LogP contribution is -2.33. The maximum absolute atomic E-state index is 12.0. The number of aryl methyl sites for hydroxylation is 1. The summed E-state index contributed by atoms with van der Waals surface area (Å²) in [6.45, 7) is 1.79. The summed E-state index contributed by atoms with van der Waals surface area (Å²) in [6, 6.07) is 3.84. The lowest BCUT2D eigenvalue weighted by molar-refractivity contribution is -0.142. The average Bonchev–Trinajstić information content (AvgIpc) is 3.17. The number of aliphatic carboxylic acids is 1. The molecule has 0 aliphatic rings. The van der Waals surface area contributed by atoms with E-state index in [9.17, 15) is 9.59 Å². The molecule has 1 atom stereocenters. The Bertz CT molecular complexity index is 653. The van der Waals surface area contributed by atoms with E-state index >= 15 is 0 Å². The van der Waals surface area contributed by atoms with Gasteiger partial charge in [-0.1, -0.05) is 18.1 Å². The van der Waals surface area contributed by atoms with Gasteiger partial charge in [-0.3, -0.25) is 9.59 Å². The summed E-state index contributed by atoms with van der Waals surface area (Å²) in [6.07, 6.45) is 1.42. The molecule has 1 amide bonds. The quantitative estimate of drug-likeness (QED) is 0.794. The summed E-state index contributed by atoms with van der Waals surface area (Å²) in [7, 11) is 1.61. The molecule has 2 heterocycles. The molecule has 0 saturated heterocycles. The number of rotatable bonds is 8. The zero-order chi connectivity index (χ0) is 16.8. The van der Waals surface area contributed by atoms with E-state index in [1.807, 2.05) is 17.5 Å². The normalized spacial score (nSPS) is 12.1. The molecule has 0 aromatic carbocycles. The fourth-order valence-corrected chi connectivity index (χ4v) is 2.68. The van der Waals surface area contributed by atoms with E-state index in [-0.39, 0.29) is 12.5 Å². The zero-order valence-electron chi connectivity index (χ0n) is 13.1. The lowest BCUT2D eigenvalue weighted by Gasteiger charge is -2.19. The summed E-state index contributed by atoms with van der Waals surface area (Å²) >= 11 is 1.54. The predicted molar refractivity (Wildman–Crippen MR) is 85.0 cm³/mol. The molecule has 0 fully saturated rings. The Labute approximate surface area is 137 Å². The highest BCUT2D eigenvalue weighted by atomic mass is 32.1. The van der Waals surface area contributed by atoms with Gasteiger partial charge in [0.1, 0.15) is 0 Å². The molecule has 23 heavy (non-hydrogen) atoms. The molecular formula is C15H19N3O4S. The van der Waals surface area contributed by atoms with E-state index in [0.29, 0.717) is 31.0 Å². The van der Waals surface area contributed by atoms with Crippen molar-refractivity contribution in [3.63, 3.8) is 0 Å². The number of carbonyl (C=O) groups is 2. The molecule has 1 N–H and O–H groups in total. The Hall–Kier alpha value is -2.22. The number of hydrogen-bond donors (Lipinski definition) is 1. The van der Waals surface area contributed by atoms with Crippen LogP contribution in [-0.2, 0) is 16.0 Å². The highest BCUT2D eigenvalue weighted by Crippen LogP contribution is 2.21. The monoisotopic (exact) mass is 337 g/mol. The molecule has 2 aromatic heterocycles. The number of amides is 1. The molecule has 0 aliphatic heterocycles. The van der Waals surface area contributed by atoms with E-state index < -0.39 is 11.9 Å². The van der Waals surface area contributed by atoms with Crippen molar-refractivity contribution >= 4 is 23.2 Å². The number of aromatic nitrogens is 2. The minimum absolute atomic E-state index is 0.0869. The Kier molecular flexibility index (Phi) is 5.86. The van der Waals surface area contributed by atoms with Crippen molar-refractivity contribution in [1.29, 1.82) is 0 Å². The summed E-state index contributed by atoms with van der Waals surface area (Å²) in [5.41, 5.74) is 0. The van der Waals surface area contributed by atoms with Gasteiger partial charge in [0.2, 0.25) is 17.6 Å². The fourth-order valence-electron chi connectivity index (χ4n) is 2.03. The molecule has 0 aliphatic carbocycles. The summed E-state index contributed by atoms with van der Waals surface area (Å²) < 4.78 is 5.17. The van der Waals surface area contributed by atoms with Crippen LogP contribution in [0.5, 0.6) is 0 Å². The zero-order valence-corrected chi connectivity index (χ0v) is 13.9. The van der Waals surface area contributed by atoms with Crippen molar-refractivity contribution in [3.05, 3.63) is 23.4 Å². The van der Waals surface area contributed by atoms with Crippen LogP contribution in [0.2, 0.25) is 0 Å². The van der Waals surface area contributed by atoms with E-state index in [0.717, 1.165) is 4.88 Å². The SMILES string of the molecule is CC(CN(C)C(=O)CCCc1nc(-c2cccs2)no1)C(=O)O. The second kappa shape index (κ2) is 7.87. The highest BCUT2D eigenvalue weighted by molar-refractivity contribution is 7.13. The number of carboxylic acids is 1. The van der Waals surface area contributed by atoms with Crippen LogP contribution in [0.1, 0.15) is 25.7 Å². The highest BCUT2D eigenvalue weighted by Gasteiger charge is 2.17. The summed E-state index contributed by atoms with van der Waals surface area (Å²) in [5.74, 6) is -0.502. The van der Waals surface area contributed by atoms with Crippen LogP contribution >= 0.6 is 11.3 Å². The standard InChI is InChI=1S/C15H19N3O4S/c1-10(15(20)21)9-18(2)13(19)7-3-6-12-16-14(17-22-12)11-5-4-8-23-11/h4-5,8,10H,3,6-7,9H2,1-2H3,(H,20,21). The number of carbonyl (C=O) groups excluding carboxylic acids is 1. The third-order valence-corrected chi connectivity index (χ3v) is 4.25. The van der Waals surface area contributed by atoms with Gasteiger partial charge < -0.3 is 14.5 Å². The van der Waals surface area contributed by atoms with Crippen LogP contribution in [0.15, 0.2) is 22.0 Å². The second-order valence-corrected chi connectivity index (χ2v) is 6.30. The Morgan fingerprint density at radius 2 is 2.26 bits per heavy atom. The van der Waals surface area contributed by atoms with Gasteiger partial charge in [-0.2, -0.15) is 4.98 Å². The predicted octanol–water partition coefficient (Wildman–Crippen LogP) is 2.30. The molecule has 2 aromatic rings. The topological polar surface area (TPSA) is 96.5 Å². The first-order chi connectivity index (χ1) is 11.0. The van der Waals surface area contributed by atoms with Crippen molar-refractivity contribution in [1.82, 2.24) is 15.0 Å². The van der Waals surface area contributed by atoms with Gasteiger partial charge in [0, 0.05) is 26.4 Å². The molecule has 1 unspecified atom stereocenters. The maximum atomic E-state index is 12.0. The van der Waals surface area contributed by atoms with Crippen molar-refractivity contribution in [2.24, 2.45) is 5.92 Å². The van der Waals surface area contributed by atoms with Crippen LogP contribution in [0.4, 0.5) is 0 Å². The Morgan fingerprint density at radius 3 is 2.91 bits per heavy atom. The van der Waals surface area contributed by atoms with Gasteiger partial charge in [0.15, 0.2) is 0 Å². The second-order valence-electron chi connectivity index (χ2n) is 5.36. The van der Waals surface area contributed by atoms with Gasteiger partial charge in [0.05, 0.1) is 10.8 Å². The van der Waals surface area contributed by atoms with Crippen LogP contribution in [0.3, 0.4) is 0 Å². The molecule has 0 saturated carbocycles. The number of hydrogen-bond acceptors (Lipinski definition) is 6. The van der Waals surface area contributed by atoms with Crippen molar-refractivity contribution < 1.29 is 19.2 Å². The first kappa shape index (κ1) is 17.1. The van der Waals surface area contributed by atoms with Crippen molar-refractivity contribution in [2.45, 2.75) is 26.2 Å². The molecule has 0 bridgehead atoms. The van der Waals surface area contributed by atoms with Gasteiger partial charge in [-0.15, -0.1) is 11.3 Å². The van der Waals surface area contributed by atoms with Gasteiger partial charge in [-0.25, -0.2) is 0 Å². The Morgan fingerprint density at radius 1 is 1.48 bits per heavy atom. The molecule has 0 radical (unpaired) electrons. The molecule has 124 valence electrons. The summed E-state index contributed by atoms with van der Waals surface area (Å²) in [5, 5.41) is 14.7. The average molecular weight is 337 g/mol. The van der Waals surface area contributed by atoms with E-state index in [1.54, 1.807) is 14.0 Å². The number of nitrogens with zero attached hydrogens (tertiary/aromatic N) is 3. The van der Waals surface area contributed by atoms with Crippen LogP contribution in [0.25, 0.3) is 10.7 Å². The largest absolute Gasteiger partial charge is 0.481 e. The molecule has 2 rings (SSSR count). The molecule has 8 heteroatoms. The first-order valence-corrected chi connectivity index (χ1v) is 8.18. The van der Waals surface area contributed by atoms with Gasteiger partial charge in [-0.05, 0) is 17.9 Å². The third kappa shape index (κ3) is 4.88. The fraction of sp³-hybridized carbons (Fsp3) is 0.467. The smallest absolute Gasteiger partial charge is 0.308 e. The lowest BCUT2D eigenvalue weighted by atomic mass is 10.1. The summed E-state index contributed by atoms with van der Waals surface area (Å²) in [4.78, 5) is 29.4. The van der Waals surface area contributed by atoms with E-state index in [1.165, 1.54) is 16.2 Å². The van der Waals surface area contributed by atoms with E-state index in [4.69, 9.17) is 9.63 Å². The number of thiophene rings is 1. The maximum Gasteiger partial charge on any atom is 0.308 e. The number of carboxylic acid groups (broad SMARTS) is 1. The molecular weight excluding hydrogens is 318 g/mol. The molecule has 0 spiro atoms. The van der Waals surface area contributed by atoms with Crippen LogP contribution in [0, 0.1) is 5.92 Å². The molecule has 7 nitrogen and oxygen atoms in total. The van der Waals surface area contributed by atoms with Crippen LogP contribution < -0.4 is 0 Å². The van der Waals surface area contributed by atoms with Gasteiger partial charge in [0.25, 0.3) is 0 Å². The minimum Gasteiger partial charge on any atom is -0.481 e. The third-order valence-electron chi connectivity index (χ3n) is 3.39. The minimum atomic E-state index is -0.906. The van der Waals surface area contributed by atoms with Crippen molar-refractivity contribution in [3.8, 4) is 10.7 Å². The first-order valence-electron chi connectivity index (χ1n) is 7.30.